The SMILES string of the molecule is COc1cc(OCC2=CCC(C)=N2)c2cc(-c3cn4nc(OC)sc4n3)oc2c1. The molecule has 0 amide bonds. The molecular formula is C20H18N4O4S. The second kappa shape index (κ2) is 6.93. The van der Waals surface area contributed by atoms with Crippen molar-refractivity contribution >= 4 is 33.0 Å². The van der Waals surface area contributed by atoms with E-state index in [0.717, 1.165) is 28.2 Å². The zero-order chi connectivity index (χ0) is 20.0. The summed E-state index contributed by atoms with van der Waals surface area (Å²) in [6, 6.07) is 5.61. The molecule has 29 heavy (non-hydrogen) atoms. The number of benzene rings is 1. The van der Waals surface area contributed by atoms with Gasteiger partial charge in [0.25, 0.3) is 5.19 Å². The van der Waals surface area contributed by atoms with Crippen molar-refractivity contribution in [1.29, 1.82) is 0 Å². The van der Waals surface area contributed by atoms with E-state index in [1.807, 2.05) is 31.3 Å². The van der Waals surface area contributed by atoms with Crippen molar-refractivity contribution in [2.24, 2.45) is 4.99 Å². The third-order valence-corrected chi connectivity index (χ3v) is 5.49. The molecule has 0 fully saturated rings. The van der Waals surface area contributed by atoms with Crippen LogP contribution in [0.1, 0.15) is 13.3 Å². The molecule has 1 aliphatic heterocycles. The lowest BCUT2D eigenvalue weighted by molar-refractivity contribution is 0.350. The van der Waals surface area contributed by atoms with Crippen LogP contribution < -0.4 is 14.2 Å². The molecule has 3 aromatic heterocycles. The summed E-state index contributed by atoms with van der Waals surface area (Å²) in [4.78, 5) is 9.79. The molecule has 0 saturated heterocycles. The molecule has 8 nitrogen and oxygen atoms in total. The van der Waals surface area contributed by atoms with E-state index >= 15 is 0 Å². The topological polar surface area (TPSA) is 83.4 Å². The maximum Gasteiger partial charge on any atom is 0.294 e. The first-order valence-corrected chi connectivity index (χ1v) is 9.83. The Morgan fingerprint density at radius 2 is 2.10 bits per heavy atom. The summed E-state index contributed by atoms with van der Waals surface area (Å²) in [6.07, 6.45) is 4.76. The monoisotopic (exact) mass is 410 g/mol. The standard InChI is InChI=1S/C20H18N4O4S/c1-11-4-5-12(21-11)10-27-16-6-13(25-2)7-17-14(16)8-18(28-17)15-9-24-19(22-15)29-20(23-24)26-3/h5-9H,4,10H2,1-3H3. The van der Waals surface area contributed by atoms with Crippen molar-refractivity contribution in [3.05, 3.63) is 36.2 Å². The first-order valence-electron chi connectivity index (χ1n) is 9.01. The minimum Gasteiger partial charge on any atom is -0.496 e. The Morgan fingerprint density at radius 1 is 1.21 bits per heavy atom. The highest BCUT2D eigenvalue weighted by Gasteiger charge is 2.17. The number of fused-ring (bicyclic) bond motifs is 2. The smallest absolute Gasteiger partial charge is 0.294 e. The van der Waals surface area contributed by atoms with Gasteiger partial charge in [-0.25, -0.2) is 9.50 Å². The van der Waals surface area contributed by atoms with Crippen LogP contribution in [0.2, 0.25) is 0 Å². The second-order valence-electron chi connectivity index (χ2n) is 6.61. The lowest BCUT2D eigenvalue weighted by atomic mass is 10.2. The van der Waals surface area contributed by atoms with Crippen molar-refractivity contribution < 1.29 is 18.6 Å². The number of ether oxygens (including phenoxy) is 3. The third-order valence-electron chi connectivity index (χ3n) is 4.60. The van der Waals surface area contributed by atoms with Crippen molar-refractivity contribution in [2.45, 2.75) is 13.3 Å². The van der Waals surface area contributed by atoms with Gasteiger partial charge in [-0.15, -0.1) is 5.10 Å². The van der Waals surface area contributed by atoms with Gasteiger partial charge >= 0.3 is 0 Å². The largest absolute Gasteiger partial charge is 0.496 e. The Morgan fingerprint density at radius 3 is 2.83 bits per heavy atom. The van der Waals surface area contributed by atoms with Crippen LogP contribution in [-0.2, 0) is 0 Å². The number of imidazole rings is 1. The molecule has 0 radical (unpaired) electrons. The molecule has 0 unspecified atom stereocenters. The van der Waals surface area contributed by atoms with Crippen LogP contribution in [0, 0.1) is 0 Å². The molecule has 0 N–H and O–H groups in total. The highest BCUT2D eigenvalue weighted by atomic mass is 32.1. The number of rotatable bonds is 6. The van der Waals surface area contributed by atoms with Gasteiger partial charge in [-0.1, -0.05) is 6.08 Å². The van der Waals surface area contributed by atoms with Crippen LogP contribution >= 0.6 is 11.3 Å². The number of hydrogen-bond acceptors (Lipinski definition) is 8. The van der Waals surface area contributed by atoms with E-state index in [4.69, 9.17) is 18.6 Å². The second-order valence-corrected chi connectivity index (χ2v) is 7.53. The number of nitrogens with zero attached hydrogens (tertiary/aromatic N) is 4. The van der Waals surface area contributed by atoms with Gasteiger partial charge < -0.3 is 18.6 Å². The van der Waals surface area contributed by atoms with Gasteiger partial charge in [0, 0.05) is 24.3 Å². The van der Waals surface area contributed by atoms with Crippen LogP contribution in [-0.4, -0.2) is 41.1 Å². The fourth-order valence-electron chi connectivity index (χ4n) is 3.17. The summed E-state index contributed by atoms with van der Waals surface area (Å²) in [5.41, 5.74) is 3.37. The van der Waals surface area contributed by atoms with E-state index < -0.39 is 0 Å². The van der Waals surface area contributed by atoms with Crippen molar-refractivity contribution in [3.8, 4) is 28.1 Å². The first-order chi connectivity index (χ1) is 14.1. The average molecular weight is 410 g/mol. The van der Waals surface area contributed by atoms with Gasteiger partial charge in [-0.05, 0) is 24.3 Å². The van der Waals surface area contributed by atoms with E-state index in [-0.39, 0.29) is 0 Å². The number of aliphatic imine (C=N–C) groups is 1. The van der Waals surface area contributed by atoms with Gasteiger partial charge in [0.05, 0.1) is 31.5 Å². The lowest BCUT2D eigenvalue weighted by Crippen LogP contribution is -1.99. The van der Waals surface area contributed by atoms with Gasteiger partial charge in [0.15, 0.2) is 5.76 Å². The average Bonchev–Trinajstić information content (AvgIpc) is 3.47. The minimum atomic E-state index is 0.393. The maximum absolute atomic E-state index is 6.05. The molecule has 4 heterocycles. The van der Waals surface area contributed by atoms with E-state index in [1.54, 1.807) is 18.7 Å². The fraction of sp³-hybridized carbons (Fsp3) is 0.250. The molecule has 0 bridgehead atoms. The van der Waals surface area contributed by atoms with E-state index in [1.165, 1.54) is 11.3 Å². The zero-order valence-electron chi connectivity index (χ0n) is 16.1. The predicted octanol–water partition coefficient (Wildman–Crippen LogP) is 4.35. The summed E-state index contributed by atoms with van der Waals surface area (Å²) >= 11 is 1.36. The maximum atomic E-state index is 6.05. The number of methoxy groups -OCH3 is 2. The summed E-state index contributed by atoms with van der Waals surface area (Å²) < 4.78 is 24.3. The number of furan rings is 1. The number of hydrogen-bond donors (Lipinski definition) is 0. The van der Waals surface area contributed by atoms with Crippen LogP contribution in [0.15, 0.2) is 45.6 Å². The molecule has 1 aromatic carbocycles. The Kier molecular flexibility index (Phi) is 4.24. The van der Waals surface area contributed by atoms with E-state index in [2.05, 4.69) is 21.2 Å². The Balaban J connectivity index is 1.51. The summed E-state index contributed by atoms with van der Waals surface area (Å²) in [7, 11) is 3.20. The molecule has 0 aliphatic carbocycles. The Hall–Kier alpha value is -3.33. The molecule has 4 aromatic rings. The molecule has 0 atom stereocenters. The normalized spacial score (nSPS) is 13.8. The molecule has 1 aliphatic rings. The van der Waals surface area contributed by atoms with E-state index in [0.29, 0.717) is 40.3 Å². The molecule has 0 saturated carbocycles. The Bertz CT molecular complexity index is 1250. The fourth-order valence-corrected chi connectivity index (χ4v) is 3.87. The summed E-state index contributed by atoms with van der Waals surface area (Å²) in [5.74, 6) is 1.96. The van der Waals surface area contributed by atoms with Crippen LogP contribution in [0.3, 0.4) is 0 Å². The highest BCUT2D eigenvalue weighted by Crippen LogP contribution is 2.37. The first kappa shape index (κ1) is 17.7. The molecule has 9 heteroatoms. The van der Waals surface area contributed by atoms with E-state index in [9.17, 15) is 0 Å². The third kappa shape index (κ3) is 3.23. The molecule has 5 rings (SSSR count). The van der Waals surface area contributed by atoms with Gasteiger partial charge in [0.2, 0.25) is 4.96 Å². The van der Waals surface area contributed by atoms with Crippen molar-refractivity contribution in [2.75, 3.05) is 20.8 Å². The highest BCUT2D eigenvalue weighted by molar-refractivity contribution is 7.18. The zero-order valence-corrected chi connectivity index (χ0v) is 16.9. The lowest BCUT2D eigenvalue weighted by Gasteiger charge is -2.08. The van der Waals surface area contributed by atoms with Crippen LogP contribution in [0.5, 0.6) is 16.7 Å². The summed E-state index contributed by atoms with van der Waals surface area (Å²) in [5, 5.41) is 5.71. The van der Waals surface area contributed by atoms with Crippen LogP contribution in [0.4, 0.5) is 0 Å². The molecular weight excluding hydrogens is 392 g/mol. The molecule has 0 spiro atoms. The number of allylic oxidation sites excluding steroid dienone is 1. The van der Waals surface area contributed by atoms with Crippen molar-refractivity contribution in [3.63, 3.8) is 0 Å². The quantitative estimate of drug-likeness (QED) is 0.470. The minimum absolute atomic E-state index is 0.393. The number of aromatic nitrogens is 3. The van der Waals surface area contributed by atoms with Crippen LogP contribution in [0.25, 0.3) is 27.4 Å². The Labute approximate surface area is 170 Å². The summed E-state index contributed by atoms with van der Waals surface area (Å²) in [6.45, 7) is 2.40. The van der Waals surface area contributed by atoms with Gasteiger partial charge in [-0.2, -0.15) is 0 Å². The van der Waals surface area contributed by atoms with Crippen molar-refractivity contribution in [1.82, 2.24) is 14.6 Å². The molecule has 148 valence electrons. The predicted molar refractivity (Wildman–Crippen MR) is 110 cm³/mol. The van der Waals surface area contributed by atoms with Gasteiger partial charge in [-0.3, -0.25) is 4.99 Å². The van der Waals surface area contributed by atoms with Gasteiger partial charge in [0.1, 0.15) is 29.4 Å².